The average Bonchev–Trinajstić information content (AvgIpc) is 3.35. The predicted molar refractivity (Wildman–Crippen MR) is 141 cm³/mol. The standard InChI is InChI=1S/C29H42N2O5/c1-4-6-8-15-25(18-23-13-9-7-10-14-23)29(35)36-21-26-16-11-17-31(26)28(34)24(12-5-2)19-27(33)30-22(3)20-32/h4-5,7,9-10,13-14,22,24-26,32H,1-2,6,8,11-12,15-21H2,3H3,(H,30,33)/t22-,24-,25-,26+/m1/s1. The Bertz CT molecular complexity index is 856. The van der Waals surface area contributed by atoms with Gasteiger partial charge in [0.15, 0.2) is 0 Å². The first-order valence-corrected chi connectivity index (χ1v) is 13.0. The summed E-state index contributed by atoms with van der Waals surface area (Å²) < 4.78 is 5.77. The van der Waals surface area contributed by atoms with Crippen LogP contribution in [0.3, 0.4) is 0 Å². The van der Waals surface area contributed by atoms with Gasteiger partial charge in [-0.1, -0.05) is 42.5 Å². The number of carbonyl (C=O) groups excluding carboxylic acids is 3. The lowest BCUT2D eigenvalue weighted by molar-refractivity contribution is -0.152. The Morgan fingerprint density at radius 3 is 2.61 bits per heavy atom. The molecule has 2 rings (SSSR count). The molecular formula is C29H42N2O5. The molecule has 0 aromatic heterocycles. The molecule has 0 radical (unpaired) electrons. The van der Waals surface area contributed by atoms with E-state index in [1.54, 1.807) is 17.9 Å². The molecular weight excluding hydrogens is 456 g/mol. The first-order chi connectivity index (χ1) is 17.4. The number of aliphatic hydroxyl groups excluding tert-OH is 1. The van der Waals surface area contributed by atoms with Crippen molar-refractivity contribution < 1.29 is 24.2 Å². The third kappa shape index (κ3) is 9.61. The third-order valence-corrected chi connectivity index (χ3v) is 6.61. The van der Waals surface area contributed by atoms with E-state index in [1.807, 2.05) is 36.4 Å². The van der Waals surface area contributed by atoms with Crippen molar-refractivity contribution in [1.82, 2.24) is 10.2 Å². The maximum Gasteiger partial charge on any atom is 0.309 e. The lowest BCUT2D eigenvalue weighted by Crippen LogP contribution is -2.44. The van der Waals surface area contributed by atoms with Gasteiger partial charge in [0, 0.05) is 19.0 Å². The number of benzene rings is 1. The van der Waals surface area contributed by atoms with Crippen LogP contribution in [0.25, 0.3) is 0 Å². The Morgan fingerprint density at radius 2 is 1.94 bits per heavy atom. The molecule has 0 saturated carbocycles. The summed E-state index contributed by atoms with van der Waals surface area (Å²) in [5.41, 5.74) is 1.09. The van der Waals surface area contributed by atoms with Gasteiger partial charge in [0.25, 0.3) is 0 Å². The number of aliphatic hydroxyl groups is 1. The number of ether oxygens (including phenoxy) is 1. The molecule has 0 spiro atoms. The molecule has 1 aromatic rings. The number of esters is 1. The fourth-order valence-electron chi connectivity index (χ4n) is 4.62. The normalized spacial score (nSPS) is 17.6. The van der Waals surface area contributed by atoms with E-state index >= 15 is 0 Å². The number of rotatable bonds is 16. The number of hydrogen-bond donors (Lipinski definition) is 2. The highest BCUT2D eigenvalue weighted by atomic mass is 16.5. The minimum atomic E-state index is -0.533. The summed E-state index contributed by atoms with van der Waals surface area (Å²) in [5.74, 6) is -1.41. The number of allylic oxidation sites excluding steroid dienone is 2. The van der Waals surface area contributed by atoms with Gasteiger partial charge in [0.05, 0.1) is 24.5 Å². The maximum atomic E-state index is 13.3. The SMILES string of the molecule is C=CCCC[C@H](Cc1ccccc1)C(=O)OC[C@@H]1CCCN1C(=O)[C@H](CC=C)CC(=O)N[C@H](C)CO. The van der Waals surface area contributed by atoms with E-state index in [0.29, 0.717) is 19.4 Å². The van der Waals surface area contributed by atoms with Crippen LogP contribution in [-0.4, -0.2) is 59.6 Å². The lowest BCUT2D eigenvalue weighted by Gasteiger charge is -2.29. The molecule has 36 heavy (non-hydrogen) atoms. The van der Waals surface area contributed by atoms with Crippen LogP contribution in [0.2, 0.25) is 0 Å². The number of likely N-dealkylation sites (tertiary alicyclic amines) is 1. The molecule has 0 bridgehead atoms. The fraction of sp³-hybridized carbons (Fsp3) is 0.552. The lowest BCUT2D eigenvalue weighted by atomic mass is 9.94. The van der Waals surface area contributed by atoms with Crippen LogP contribution in [-0.2, 0) is 25.5 Å². The van der Waals surface area contributed by atoms with Gasteiger partial charge in [-0.25, -0.2) is 0 Å². The Labute approximate surface area is 215 Å². The first kappa shape index (κ1) is 29.3. The Balaban J connectivity index is 1.99. The summed E-state index contributed by atoms with van der Waals surface area (Å²) >= 11 is 0. The van der Waals surface area contributed by atoms with Crippen LogP contribution >= 0.6 is 0 Å². The number of unbranched alkanes of at least 4 members (excludes halogenated alkanes) is 1. The van der Waals surface area contributed by atoms with Crippen LogP contribution in [0.4, 0.5) is 0 Å². The Kier molecular flexibility index (Phi) is 13.0. The van der Waals surface area contributed by atoms with Crippen molar-refractivity contribution in [1.29, 1.82) is 0 Å². The van der Waals surface area contributed by atoms with Crippen LogP contribution in [0.1, 0.15) is 57.4 Å². The predicted octanol–water partition coefficient (Wildman–Crippen LogP) is 3.82. The molecule has 0 aliphatic carbocycles. The molecule has 7 heteroatoms. The summed E-state index contributed by atoms with van der Waals surface area (Å²) in [6, 6.07) is 9.35. The van der Waals surface area contributed by atoms with Crippen LogP contribution in [0, 0.1) is 11.8 Å². The molecule has 4 atom stereocenters. The smallest absolute Gasteiger partial charge is 0.309 e. The van der Waals surface area contributed by atoms with Gasteiger partial charge in [-0.15, -0.1) is 13.2 Å². The van der Waals surface area contributed by atoms with E-state index in [-0.39, 0.29) is 55.4 Å². The van der Waals surface area contributed by atoms with Gasteiger partial charge in [-0.3, -0.25) is 14.4 Å². The van der Waals surface area contributed by atoms with Gasteiger partial charge in [0.2, 0.25) is 11.8 Å². The summed E-state index contributed by atoms with van der Waals surface area (Å²) in [5, 5.41) is 11.9. The van der Waals surface area contributed by atoms with Crippen LogP contribution in [0.15, 0.2) is 55.6 Å². The molecule has 2 amide bonds. The zero-order valence-corrected chi connectivity index (χ0v) is 21.6. The third-order valence-electron chi connectivity index (χ3n) is 6.61. The van der Waals surface area contributed by atoms with E-state index in [4.69, 9.17) is 4.74 Å². The second-order valence-corrected chi connectivity index (χ2v) is 9.64. The molecule has 1 aromatic carbocycles. The molecule has 1 fully saturated rings. The van der Waals surface area contributed by atoms with E-state index in [9.17, 15) is 19.5 Å². The maximum absolute atomic E-state index is 13.3. The second-order valence-electron chi connectivity index (χ2n) is 9.64. The largest absolute Gasteiger partial charge is 0.463 e. The van der Waals surface area contributed by atoms with Gasteiger partial charge in [-0.2, -0.15) is 0 Å². The molecule has 198 valence electrons. The topological polar surface area (TPSA) is 95.9 Å². The number of hydrogen-bond acceptors (Lipinski definition) is 5. The monoisotopic (exact) mass is 498 g/mol. The van der Waals surface area contributed by atoms with Crippen molar-refractivity contribution in [2.45, 2.75) is 70.4 Å². The minimum Gasteiger partial charge on any atom is -0.463 e. The second kappa shape index (κ2) is 15.9. The van der Waals surface area contributed by atoms with E-state index in [0.717, 1.165) is 37.7 Å². The molecule has 1 aliphatic heterocycles. The van der Waals surface area contributed by atoms with Crippen LogP contribution in [0.5, 0.6) is 0 Å². The first-order valence-electron chi connectivity index (χ1n) is 13.0. The summed E-state index contributed by atoms with van der Waals surface area (Å²) in [6.45, 7) is 9.79. The zero-order chi connectivity index (χ0) is 26.3. The quantitative estimate of drug-likeness (QED) is 0.205. The molecule has 2 N–H and O–H groups in total. The molecule has 1 heterocycles. The van der Waals surface area contributed by atoms with Gasteiger partial charge < -0.3 is 20.1 Å². The highest BCUT2D eigenvalue weighted by Gasteiger charge is 2.35. The molecule has 1 aliphatic rings. The zero-order valence-electron chi connectivity index (χ0n) is 21.6. The van der Waals surface area contributed by atoms with Gasteiger partial charge in [-0.05, 0) is 57.4 Å². The highest BCUT2D eigenvalue weighted by Crippen LogP contribution is 2.24. The van der Waals surface area contributed by atoms with Crippen molar-refractivity contribution in [2.75, 3.05) is 19.8 Å². The van der Waals surface area contributed by atoms with Gasteiger partial charge >= 0.3 is 5.97 Å². The van der Waals surface area contributed by atoms with Gasteiger partial charge in [0.1, 0.15) is 6.61 Å². The van der Waals surface area contributed by atoms with E-state index in [1.165, 1.54) is 0 Å². The average molecular weight is 499 g/mol. The van der Waals surface area contributed by atoms with Crippen LogP contribution < -0.4 is 5.32 Å². The number of amides is 2. The fourth-order valence-corrected chi connectivity index (χ4v) is 4.62. The number of nitrogens with one attached hydrogen (secondary N) is 1. The Hall–Kier alpha value is -2.93. The van der Waals surface area contributed by atoms with Crippen molar-refractivity contribution >= 4 is 17.8 Å². The van der Waals surface area contributed by atoms with Crippen molar-refractivity contribution in [2.24, 2.45) is 11.8 Å². The highest BCUT2D eigenvalue weighted by molar-refractivity contribution is 5.86. The number of nitrogens with zero attached hydrogens (tertiary/aromatic N) is 1. The Morgan fingerprint density at radius 1 is 1.19 bits per heavy atom. The number of carbonyl (C=O) groups is 3. The minimum absolute atomic E-state index is 0.0284. The molecule has 7 nitrogen and oxygen atoms in total. The molecule has 1 saturated heterocycles. The van der Waals surface area contributed by atoms with Crippen molar-refractivity contribution in [3.05, 3.63) is 61.2 Å². The van der Waals surface area contributed by atoms with E-state index in [2.05, 4.69) is 18.5 Å². The summed E-state index contributed by atoms with van der Waals surface area (Å²) in [7, 11) is 0. The summed E-state index contributed by atoms with van der Waals surface area (Å²) in [6.07, 6.45) is 8.55. The molecule has 0 unspecified atom stereocenters. The van der Waals surface area contributed by atoms with Crippen molar-refractivity contribution in [3.63, 3.8) is 0 Å². The van der Waals surface area contributed by atoms with E-state index < -0.39 is 5.92 Å². The van der Waals surface area contributed by atoms with Crippen molar-refractivity contribution in [3.8, 4) is 0 Å². The summed E-state index contributed by atoms with van der Waals surface area (Å²) in [4.78, 5) is 40.5.